The molecule has 3 heterocycles. The van der Waals surface area contributed by atoms with E-state index in [-0.39, 0.29) is 23.6 Å². The van der Waals surface area contributed by atoms with E-state index in [0.29, 0.717) is 37.0 Å². The van der Waals surface area contributed by atoms with Crippen molar-refractivity contribution in [2.45, 2.75) is 90.3 Å². The Balaban J connectivity index is 1.47. The van der Waals surface area contributed by atoms with Crippen LogP contribution in [0.5, 0.6) is 5.75 Å². The highest BCUT2D eigenvalue weighted by atomic mass is 28.4. The van der Waals surface area contributed by atoms with Crippen molar-refractivity contribution in [1.29, 1.82) is 0 Å². The average Bonchev–Trinajstić information content (AvgIpc) is 3.36. The van der Waals surface area contributed by atoms with E-state index in [0.717, 1.165) is 29.1 Å². The Morgan fingerprint density at radius 2 is 1.77 bits per heavy atom. The number of benzene rings is 2. The van der Waals surface area contributed by atoms with Gasteiger partial charge in [-0.2, -0.15) is 0 Å². The van der Waals surface area contributed by atoms with Crippen LogP contribution in [0.2, 0.25) is 13.1 Å². The molecule has 0 N–H and O–H groups in total. The van der Waals surface area contributed by atoms with Crippen LogP contribution in [-0.4, -0.2) is 53.8 Å². The fraction of sp³-hybridized carbons (Fsp3) is 0.455. The maximum absolute atomic E-state index is 14.5. The minimum absolute atomic E-state index is 0.201. The Hall–Kier alpha value is -3.41. The molecule has 2 aliphatic rings. The first-order valence-corrected chi connectivity index (χ1v) is 17.7. The van der Waals surface area contributed by atoms with Gasteiger partial charge >= 0.3 is 8.56 Å². The molecule has 11 heteroatoms. The zero-order valence-electron chi connectivity index (χ0n) is 26.3. The number of halogens is 3. The van der Waals surface area contributed by atoms with E-state index >= 15 is 0 Å². The van der Waals surface area contributed by atoms with Gasteiger partial charge in [-0.1, -0.05) is 6.07 Å². The molecule has 0 aliphatic carbocycles. The fourth-order valence-electron chi connectivity index (χ4n) is 6.50. The standard InChI is InChI=1S/C33H40F3N3O4Si/c1-20-18-38(19-37-20)28-11-8-21(13-30(28)41-5)12-22-9-10-24-16-25(42-44(6,7)43-33(2,3)4)17-29(39(24)32(22)40)23-14-26(34)31(36)27(35)15-23/h8,11-15,18-19,24-25,29H,9-10,16-17H2,1-7H3/b22-12+/t24-,25-,29+/m1/s1. The zero-order chi connectivity index (χ0) is 32.0. The van der Waals surface area contributed by atoms with Crippen LogP contribution in [0, 0.1) is 24.4 Å². The molecular formula is C33H40F3N3O4Si. The van der Waals surface area contributed by atoms with E-state index in [9.17, 15) is 18.0 Å². The predicted octanol–water partition coefficient (Wildman–Crippen LogP) is 7.42. The molecule has 3 aromatic rings. The molecule has 0 unspecified atom stereocenters. The normalized spacial score (nSPS) is 22.0. The summed E-state index contributed by atoms with van der Waals surface area (Å²) in [6.45, 7) is 11.7. The second-order valence-electron chi connectivity index (χ2n) is 13.1. The summed E-state index contributed by atoms with van der Waals surface area (Å²) in [6, 6.07) is 6.72. The van der Waals surface area contributed by atoms with Crippen LogP contribution < -0.4 is 4.74 Å². The number of aromatic nitrogens is 2. The van der Waals surface area contributed by atoms with Crippen LogP contribution in [0.3, 0.4) is 0 Å². The van der Waals surface area contributed by atoms with Gasteiger partial charge in [-0.3, -0.25) is 4.79 Å². The van der Waals surface area contributed by atoms with E-state index in [2.05, 4.69) is 4.98 Å². The van der Waals surface area contributed by atoms with Gasteiger partial charge in [0.1, 0.15) is 5.75 Å². The monoisotopic (exact) mass is 627 g/mol. The molecule has 7 nitrogen and oxygen atoms in total. The molecule has 1 aromatic heterocycles. The highest BCUT2D eigenvalue weighted by molar-refractivity contribution is 6.64. The molecule has 0 spiro atoms. The highest BCUT2D eigenvalue weighted by Crippen LogP contribution is 2.43. The third-order valence-electron chi connectivity index (χ3n) is 7.93. The summed E-state index contributed by atoms with van der Waals surface area (Å²) < 4.78 is 63.2. The number of ether oxygens (including phenoxy) is 1. The number of rotatable bonds is 7. The minimum Gasteiger partial charge on any atom is -0.495 e. The first-order valence-electron chi connectivity index (χ1n) is 14.9. The summed E-state index contributed by atoms with van der Waals surface area (Å²) in [4.78, 5) is 20.1. The summed E-state index contributed by atoms with van der Waals surface area (Å²) in [7, 11) is -1.02. The van der Waals surface area contributed by atoms with Gasteiger partial charge in [0.2, 0.25) is 0 Å². The third-order valence-corrected chi connectivity index (χ3v) is 9.94. The van der Waals surface area contributed by atoms with Crippen molar-refractivity contribution < 1.29 is 31.6 Å². The number of amides is 1. The maximum Gasteiger partial charge on any atom is 0.332 e. The SMILES string of the molecule is COc1cc(/C=C2\CC[C@@H]3C[C@@H](O[Si](C)(C)OC(C)(C)C)C[C@@H](c4cc(F)c(F)c(F)c4)N3C2=O)ccc1-n1cnc(C)c1. The molecule has 3 atom stereocenters. The molecule has 1 amide bonds. The molecular weight excluding hydrogens is 587 g/mol. The Bertz CT molecular complexity index is 1560. The summed E-state index contributed by atoms with van der Waals surface area (Å²) in [6.07, 6.45) is 7.18. The smallest absolute Gasteiger partial charge is 0.332 e. The van der Waals surface area contributed by atoms with Crippen LogP contribution in [-0.2, 0) is 13.6 Å². The number of piperidine rings is 2. The van der Waals surface area contributed by atoms with Crippen molar-refractivity contribution >= 4 is 20.5 Å². The number of nitrogens with zero attached hydrogens (tertiary/aromatic N) is 3. The summed E-state index contributed by atoms with van der Waals surface area (Å²) >= 11 is 0. The predicted molar refractivity (Wildman–Crippen MR) is 164 cm³/mol. The summed E-state index contributed by atoms with van der Waals surface area (Å²) in [5, 5.41) is 0. The first-order chi connectivity index (χ1) is 20.6. The van der Waals surface area contributed by atoms with Gasteiger partial charge in [0.15, 0.2) is 17.5 Å². The number of methoxy groups -OCH3 is 1. The fourth-order valence-corrected chi connectivity index (χ4v) is 9.02. The summed E-state index contributed by atoms with van der Waals surface area (Å²) in [5.74, 6) is -3.70. The highest BCUT2D eigenvalue weighted by Gasteiger charge is 2.45. The molecule has 2 aromatic carbocycles. The van der Waals surface area contributed by atoms with Gasteiger partial charge in [-0.15, -0.1) is 0 Å². The van der Waals surface area contributed by atoms with Gasteiger partial charge < -0.3 is 23.1 Å². The van der Waals surface area contributed by atoms with Crippen molar-refractivity contribution in [1.82, 2.24) is 14.5 Å². The second kappa shape index (κ2) is 12.2. The number of fused-ring (bicyclic) bond motifs is 1. The molecule has 44 heavy (non-hydrogen) atoms. The van der Waals surface area contributed by atoms with Gasteiger partial charge in [0, 0.05) is 17.8 Å². The molecule has 236 valence electrons. The number of carbonyl (C=O) groups is 1. The van der Waals surface area contributed by atoms with E-state index in [4.69, 9.17) is 13.6 Å². The largest absolute Gasteiger partial charge is 0.495 e. The Morgan fingerprint density at radius 3 is 2.39 bits per heavy atom. The number of aryl methyl sites for hydroxylation is 1. The Kier molecular flexibility index (Phi) is 8.85. The molecule has 2 aliphatic heterocycles. The van der Waals surface area contributed by atoms with Crippen molar-refractivity contribution in [3.05, 3.63) is 82.7 Å². The van der Waals surface area contributed by atoms with Gasteiger partial charge in [-0.25, -0.2) is 18.2 Å². The average molecular weight is 628 g/mol. The van der Waals surface area contributed by atoms with Crippen molar-refractivity contribution in [2.24, 2.45) is 0 Å². The quantitative estimate of drug-likeness (QED) is 0.155. The zero-order valence-corrected chi connectivity index (χ0v) is 27.3. The number of carbonyl (C=O) groups excluding carboxylic acids is 1. The van der Waals surface area contributed by atoms with E-state index in [1.54, 1.807) is 18.3 Å². The van der Waals surface area contributed by atoms with Crippen LogP contribution in [0.15, 0.2) is 48.4 Å². The molecule has 2 fully saturated rings. The van der Waals surface area contributed by atoms with Crippen molar-refractivity contribution in [2.75, 3.05) is 7.11 Å². The van der Waals surface area contributed by atoms with Crippen LogP contribution in [0.4, 0.5) is 13.2 Å². The van der Waals surface area contributed by atoms with Crippen molar-refractivity contribution in [3.8, 4) is 11.4 Å². The lowest BCUT2D eigenvalue weighted by Crippen LogP contribution is -2.55. The lowest BCUT2D eigenvalue weighted by Gasteiger charge is -2.49. The molecule has 0 radical (unpaired) electrons. The number of imidazole rings is 1. The first kappa shape index (κ1) is 32.0. The van der Waals surface area contributed by atoms with E-state index < -0.39 is 37.7 Å². The third kappa shape index (κ3) is 6.95. The van der Waals surface area contributed by atoms with Gasteiger partial charge in [0.25, 0.3) is 5.91 Å². The molecule has 0 bridgehead atoms. The topological polar surface area (TPSA) is 65.8 Å². The van der Waals surface area contributed by atoms with Gasteiger partial charge in [-0.05, 0) is 108 Å². The van der Waals surface area contributed by atoms with E-state index in [1.165, 1.54) is 0 Å². The van der Waals surface area contributed by atoms with Crippen LogP contribution in [0.25, 0.3) is 11.8 Å². The molecule has 5 rings (SSSR count). The lowest BCUT2D eigenvalue weighted by atomic mass is 9.82. The Labute approximate surface area is 257 Å². The second-order valence-corrected chi connectivity index (χ2v) is 16.3. The van der Waals surface area contributed by atoms with Crippen molar-refractivity contribution in [3.63, 3.8) is 0 Å². The van der Waals surface area contributed by atoms with Gasteiger partial charge in [0.05, 0.1) is 42.6 Å². The maximum atomic E-state index is 14.5. The van der Waals surface area contributed by atoms with Crippen LogP contribution in [0.1, 0.15) is 69.3 Å². The minimum atomic E-state index is -2.60. The summed E-state index contributed by atoms with van der Waals surface area (Å²) in [5.41, 5.74) is 2.84. The van der Waals surface area contributed by atoms with E-state index in [1.807, 2.05) is 75.8 Å². The van der Waals surface area contributed by atoms with Crippen LogP contribution >= 0.6 is 0 Å². The molecule has 0 saturated carbocycles. The number of hydrogen-bond acceptors (Lipinski definition) is 5. The number of hydrogen-bond donors (Lipinski definition) is 0. The lowest BCUT2D eigenvalue weighted by molar-refractivity contribution is -0.139. The molecule has 2 saturated heterocycles. The Morgan fingerprint density at radius 1 is 1.07 bits per heavy atom.